The third kappa shape index (κ3) is 3.88. The second kappa shape index (κ2) is 6.20. The van der Waals surface area contributed by atoms with Crippen molar-refractivity contribution < 1.29 is 4.39 Å². The molecule has 0 amide bonds. The molecule has 1 N–H and O–H groups in total. The summed E-state index contributed by atoms with van der Waals surface area (Å²) in [6.07, 6.45) is 0. The van der Waals surface area contributed by atoms with Crippen LogP contribution in [0.25, 0.3) is 0 Å². The van der Waals surface area contributed by atoms with Gasteiger partial charge in [0.25, 0.3) is 0 Å². The molecule has 0 aliphatic carbocycles. The molecule has 1 aromatic carbocycles. The van der Waals surface area contributed by atoms with E-state index in [0.29, 0.717) is 22.8 Å². The Morgan fingerprint density at radius 1 is 1.38 bits per heavy atom. The highest BCUT2D eigenvalue weighted by Gasteiger charge is 2.20. The summed E-state index contributed by atoms with van der Waals surface area (Å²) in [5, 5.41) is 3.25. The van der Waals surface area contributed by atoms with Crippen LogP contribution >= 0.6 is 39.1 Å². The van der Waals surface area contributed by atoms with E-state index in [1.165, 1.54) is 6.07 Å². The highest BCUT2D eigenvalue weighted by molar-refractivity contribution is 9.10. The lowest BCUT2D eigenvalue weighted by Crippen LogP contribution is -2.45. The Hall–Kier alpha value is 0.170. The monoisotopic (exact) mass is 327 g/mol. The van der Waals surface area contributed by atoms with E-state index in [2.05, 4.69) is 21.2 Å². The van der Waals surface area contributed by atoms with Crippen molar-refractivity contribution in [2.45, 2.75) is 19.0 Å². The fraction of sp³-hybridized carbons (Fsp3) is 0.455. The van der Waals surface area contributed by atoms with Gasteiger partial charge in [0.2, 0.25) is 0 Å². The van der Waals surface area contributed by atoms with Gasteiger partial charge in [-0.1, -0.05) is 6.07 Å². The van der Waals surface area contributed by atoms with E-state index in [0.717, 1.165) is 5.56 Å². The third-order valence-electron chi connectivity index (χ3n) is 2.29. The van der Waals surface area contributed by atoms with E-state index in [-0.39, 0.29) is 11.4 Å². The van der Waals surface area contributed by atoms with E-state index in [1.54, 1.807) is 12.1 Å². The molecule has 1 aromatic rings. The molecule has 5 heteroatoms. The molecule has 16 heavy (non-hydrogen) atoms. The summed E-state index contributed by atoms with van der Waals surface area (Å²) in [6, 6.07) is 4.90. The van der Waals surface area contributed by atoms with E-state index >= 15 is 0 Å². The average molecular weight is 329 g/mol. The number of hydrogen-bond acceptors (Lipinski definition) is 1. The molecule has 0 unspecified atom stereocenters. The molecule has 1 rings (SSSR count). The van der Waals surface area contributed by atoms with Crippen molar-refractivity contribution in [3.05, 3.63) is 34.1 Å². The lowest BCUT2D eigenvalue weighted by Gasteiger charge is -2.26. The van der Waals surface area contributed by atoms with Crippen molar-refractivity contribution in [3.8, 4) is 0 Å². The zero-order chi connectivity index (χ0) is 12.2. The largest absolute Gasteiger partial charge is 0.305 e. The Labute approximate surface area is 113 Å². The number of halogens is 4. The van der Waals surface area contributed by atoms with Crippen molar-refractivity contribution in [3.63, 3.8) is 0 Å². The third-order valence-corrected chi connectivity index (χ3v) is 4.08. The molecule has 0 radical (unpaired) electrons. The Balaban J connectivity index is 2.64. The van der Waals surface area contributed by atoms with Crippen LogP contribution in [0.15, 0.2) is 22.7 Å². The van der Waals surface area contributed by atoms with E-state index < -0.39 is 0 Å². The van der Waals surface area contributed by atoms with Crippen LogP contribution in [-0.4, -0.2) is 17.3 Å². The van der Waals surface area contributed by atoms with Crippen LogP contribution in [0.3, 0.4) is 0 Å². The predicted octanol–water partition coefficient (Wildman–Crippen LogP) is 3.91. The SMILES string of the molecule is CC(CCl)(CCl)NCc1ccc(F)c(Br)c1. The number of nitrogens with one attached hydrogen (secondary N) is 1. The molecule has 0 aliphatic rings. The molecule has 0 bridgehead atoms. The van der Waals surface area contributed by atoms with Gasteiger partial charge in [-0.3, -0.25) is 0 Å². The first-order valence-corrected chi connectivity index (χ1v) is 6.68. The van der Waals surface area contributed by atoms with Crippen molar-refractivity contribution in [1.29, 1.82) is 0 Å². The maximum Gasteiger partial charge on any atom is 0.137 e. The summed E-state index contributed by atoms with van der Waals surface area (Å²) in [7, 11) is 0. The molecule has 0 saturated carbocycles. The minimum atomic E-state index is -0.302. The van der Waals surface area contributed by atoms with Gasteiger partial charge in [0.15, 0.2) is 0 Å². The van der Waals surface area contributed by atoms with Crippen molar-refractivity contribution >= 4 is 39.1 Å². The quantitative estimate of drug-likeness (QED) is 0.808. The normalized spacial score (nSPS) is 11.8. The van der Waals surface area contributed by atoms with Crippen LogP contribution < -0.4 is 5.32 Å². The van der Waals surface area contributed by atoms with Gasteiger partial charge >= 0.3 is 0 Å². The maximum absolute atomic E-state index is 13.0. The van der Waals surface area contributed by atoms with Crippen LogP contribution in [0.2, 0.25) is 0 Å². The summed E-state index contributed by atoms with van der Waals surface area (Å²) in [6.45, 7) is 2.56. The smallest absolute Gasteiger partial charge is 0.137 e. The first-order chi connectivity index (χ1) is 7.50. The van der Waals surface area contributed by atoms with Gasteiger partial charge in [-0.05, 0) is 40.5 Å². The number of benzene rings is 1. The molecule has 0 heterocycles. The van der Waals surface area contributed by atoms with Crippen molar-refractivity contribution in [1.82, 2.24) is 5.32 Å². The molecule has 1 nitrogen and oxygen atoms in total. The predicted molar refractivity (Wildman–Crippen MR) is 70.8 cm³/mol. The average Bonchev–Trinajstić information content (AvgIpc) is 2.30. The molecule has 0 fully saturated rings. The molecule has 90 valence electrons. The first-order valence-electron chi connectivity index (χ1n) is 4.81. The summed E-state index contributed by atoms with van der Waals surface area (Å²) in [4.78, 5) is 0. The van der Waals surface area contributed by atoms with Gasteiger partial charge in [0.1, 0.15) is 5.82 Å². The minimum Gasteiger partial charge on any atom is -0.305 e. The number of rotatable bonds is 5. The zero-order valence-corrected chi connectivity index (χ0v) is 12.0. The fourth-order valence-electron chi connectivity index (χ4n) is 1.10. The standard InChI is InChI=1S/C11H13BrCl2FN/c1-11(6-13,7-14)16-5-8-2-3-10(15)9(12)4-8/h2-4,16H,5-7H2,1H3. The fourth-order valence-corrected chi connectivity index (χ4v) is 2.00. The van der Waals surface area contributed by atoms with Gasteiger partial charge in [0, 0.05) is 23.8 Å². The Morgan fingerprint density at radius 3 is 2.50 bits per heavy atom. The highest BCUT2D eigenvalue weighted by Crippen LogP contribution is 2.17. The van der Waals surface area contributed by atoms with Crippen LogP contribution in [-0.2, 0) is 6.54 Å². The Kier molecular flexibility index (Phi) is 5.51. The molecular formula is C11H13BrCl2FN. The Bertz CT molecular complexity index is 356. The maximum atomic E-state index is 13.0. The summed E-state index contributed by atoms with van der Waals surface area (Å²) < 4.78 is 13.5. The van der Waals surface area contributed by atoms with Crippen LogP contribution in [0.1, 0.15) is 12.5 Å². The highest BCUT2D eigenvalue weighted by atomic mass is 79.9. The van der Waals surface area contributed by atoms with E-state index in [1.807, 2.05) is 6.92 Å². The van der Waals surface area contributed by atoms with E-state index in [9.17, 15) is 4.39 Å². The Morgan fingerprint density at radius 2 is 2.00 bits per heavy atom. The van der Waals surface area contributed by atoms with Crippen molar-refractivity contribution in [2.75, 3.05) is 11.8 Å². The molecule has 0 atom stereocenters. The summed E-state index contributed by atoms with van der Waals surface area (Å²) in [5.41, 5.74) is 0.680. The van der Waals surface area contributed by atoms with Gasteiger partial charge in [-0.2, -0.15) is 0 Å². The lowest BCUT2D eigenvalue weighted by atomic mass is 10.1. The molecule has 0 aliphatic heterocycles. The van der Waals surface area contributed by atoms with E-state index in [4.69, 9.17) is 23.2 Å². The van der Waals surface area contributed by atoms with Gasteiger partial charge < -0.3 is 5.32 Å². The van der Waals surface area contributed by atoms with Crippen LogP contribution in [0, 0.1) is 5.82 Å². The summed E-state index contributed by atoms with van der Waals surface area (Å²) >= 11 is 14.8. The second-order valence-corrected chi connectivity index (χ2v) is 5.32. The number of alkyl halides is 2. The molecule has 0 spiro atoms. The van der Waals surface area contributed by atoms with Gasteiger partial charge in [0.05, 0.1) is 4.47 Å². The lowest BCUT2D eigenvalue weighted by molar-refractivity contribution is 0.434. The second-order valence-electron chi connectivity index (χ2n) is 3.93. The zero-order valence-electron chi connectivity index (χ0n) is 8.87. The molecular weight excluding hydrogens is 316 g/mol. The minimum absolute atomic E-state index is 0.263. The molecule has 0 saturated heterocycles. The van der Waals surface area contributed by atoms with Crippen LogP contribution in [0.5, 0.6) is 0 Å². The number of hydrogen-bond donors (Lipinski definition) is 1. The van der Waals surface area contributed by atoms with Gasteiger partial charge in [-0.25, -0.2) is 4.39 Å². The molecule has 0 aromatic heterocycles. The van der Waals surface area contributed by atoms with Crippen molar-refractivity contribution in [2.24, 2.45) is 0 Å². The topological polar surface area (TPSA) is 12.0 Å². The summed E-state index contributed by atoms with van der Waals surface area (Å²) in [5.74, 6) is 0.596. The van der Waals surface area contributed by atoms with Gasteiger partial charge in [-0.15, -0.1) is 23.2 Å². The van der Waals surface area contributed by atoms with Crippen LogP contribution in [0.4, 0.5) is 4.39 Å². The first kappa shape index (κ1) is 14.2.